The molecule has 0 radical (unpaired) electrons. The molecule has 0 atom stereocenters. The van der Waals surface area contributed by atoms with Crippen molar-refractivity contribution in [3.05, 3.63) is 83.9 Å². The Morgan fingerprint density at radius 3 is 2.34 bits per heavy atom. The van der Waals surface area contributed by atoms with Crippen molar-refractivity contribution in [1.82, 2.24) is 0 Å². The van der Waals surface area contributed by atoms with E-state index in [9.17, 15) is 14.4 Å². The van der Waals surface area contributed by atoms with Gasteiger partial charge in [0, 0.05) is 23.2 Å². The molecule has 6 heteroatoms. The molecular formula is C23H20N2O4. The highest BCUT2D eigenvalue weighted by molar-refractivity contribution is 5.91. The molecule has 3 rings (SSSR count). The number of primary amides is 1. The summed E-state index contributed by atoms with van der Waals surface area (Å²) in [5.74, 6) is 0.194. The van der Waals surface area contributed by atoms with Gasteiger partial charge >= 0.3 is 6.09 Å². The number of aldehydes is 1. The third-order valence-electron chi connectivity index (χ3n) is 4.31. The summed E-state index contributed by atoms with van der Waals surface area (Å²) < 4.78 is 5.17. The Labute approximate surface area is 168 Å². The number of hydrogen-bond donors (Lipinski definition) is 2. The van der Waals surface area contributed by atoms with Crippen molar-refractivity contribution in [1.29, 1.82) is 0 Å². The molecule has 3 aromatic carbocycles. The molecule has 0 spiro atoms. The molecule has 0 saturated heterocycles. The van der Waals surface area contributed by atoms with E-state index < -0.39 is 6.09 Å². The van der Waals surface area contributed by atoms with Crippen molar-refractivity contribution >= 4 is 24.0 Å². The standard InChI is InChI=1S/C23H20N2O4/c24-23(28)29-21-14-16(8-12-20(21)18-4-2-1-3-5-18)9-13-22(27)25-19-10-6-17(15-26)7-11-19/h1-8,10-12,14-15H,9,13H2,(H2,24,28)(H,25,27). The first-order chi connectivity index (χ1) is 14.0. The van der Waals surface area contributed by atoms with Crippen LogP contribution in [0.3, 0.4) is 0 Å². The maximum absolute atomic E-state index is 12.2. The zero-order valence-corrected chi connectivity index (χ0v) is 15.6. The summed E-state index contributed by atoms with van der Waals surface area (Å²) in [6.45, 7) is 0. The van der Waals surface area contributed by atoms with E-state index >= 15 is 0 Å². The average Bonchev–Trinajstić information content (AvgIpc) is 2.73. The number of nitrogens with one attached hydrogen (secondary N) is 1. The van der Waals surface area contributed by atoms with Gasteiger partial charge < -0.3 is 15.8 Å². The highest BCUT2D eigenvalue weighted by Gasteiger charge is 2.11. The molecule has 0 aromatic heterocycles. The molecule has 0 aliphatic rings. The second-order valence-corrected chi connectivity index (χ2v) is 6.41. The van der Waals surface area contributed by atoms with Crippen LogP contribution < -0.4 is 15.8 Å². The summed E-state index contributed by atoms with van der Waals surface area (Å²) in [5.41, 5.74) is 8.85. The number of nitrogens with two attached hydrogens (primary N) is 1. The summed E-state index contributed by atoms with van der Waals surface area (Å²) in [7, 11) is 0. The number of ether oxygens (including phenoxy) is 1. The molecule has 0 fully saturated rings. The molecule has 0 unspecified atom stereocenters. The monoisotopic (exact) mass is 388 g/mol. The van der Waals surface area contributed by atoms with Crippen LogP contribution >= 0.6 is 0 Å². The van der Waals surface area contributed by atoms with E-state index in [1.54, 1.807) is 30.3 Å². The van der Waals surface area contributed by atoms with E-state index in [4.69, 9.17) is 10.5 Å². The van der Waals surface area contributed by atoms with E-state index in [1.807, 2.05) is 42.5 Å². The number of rotatable bonds is 7. The fraction of sp³-hybridized carbons (Fsp3) is 0.0870. The Bertz CT molecular complexity index is 1010. The zero-order chi connectivity index (χ0) is 20.6. The lowest BCUT2D eigenvalue weighted by atomic mass is 10.0. The third kappa shape index (κ3) is 5.52. The van der Waals surface area contributed by atoms with Crippen LogP contribution in [0.2, 0.25) is 0 Å². The second kappa shape index (κ2) is 9.32. The molecule has 0 saturated carbocycles. The summed E-state index contributed by atoms with van der Waals surface area (Å²) in [4.78, 5) is 34.2. The predicted molar refractivity (Wildman–Crippen MR) is 111 cm³/mol. The Hall–Kier alpha value is -3.93. The molecular weight excluding hydrogens is 368 g/mol. The molecule has 0 aliphatic heterocycles. The molecule has 29 heavy (non-hydrogen) atoms. The number of carbonyl (C=O) groups excluding carboxylic acids is 3. The fourth-order valence-corrected chi connectivity index (χ4v) is 2.90. The van der Waals surface area contributed by atoms with Crippen LogP contribution in [-0.2, 0) is 11.2 Å². The Morgan fingerprint density at radius 2 is 1.69 bits per heavy atom. The van der Waals surface area contributed by atoms with Crippen LogP contribution in [0, 0.1) is 0 Å². The fourth-order valence-electron chi connectivity index (χ4n) is 2.90. The van der Waals surface area contributed by atoms with E-state index in [0.717, 1.165) is 23.0 Å². The summed E-state index contributed by atoms with van der Waals surface area (Å²) in [5, 5.41) is 2.79. The highest BCUT2D eigenvalue weighted by atomic mass is 16.5. The van der Waals surface area contributed by atoms with Crippen molar-refractivity contribution in [3.8, 4) is 16.9 Å². The SMILES string of the molecule is NC(=O)Oc1cc(CCC(=O)Nc2ccc(C=O)cc2)ccc1-c1ccccc1. The van der Waals surface area contributed by atoms with Crippen molar-refractivity contribution in [2.24, 2.45) is 5.73 Å². The van der Waals surface area contributed by atoms with Crippen LogP contribution in [0.25, 0.3) is 11.1 Å². The molecule has 6 nitrogen and oxygen atoms in total. The lowest BCUT2D eigenvalue weighted by Gasteiger charge is -2.11. The topological polar surface area (TPSA) is 98.5 Å². The van der Waals surface area contributed by atoms with Gasteiger partial charge in [-0.15, -0.1) is 0 Å². The molecule has 0 bridgehead atoms. The van der Waals surface area contributed by atoms with Crippen molar-refractivity contribution in [2.75, 3.05) is 5.32 Å². The number of aryl methyl sites for hydroxylation is 1. The van der Waals surface area contributed by atoms with Gasteiger partial charge in [0.05, 0.1) is 0 Å². The molecule has 0 heterocycles. The Morgan fingerprint density at radius 1 is 0.966 bits per heavy atom. The quantitative estimate of drug-likeness (QED) is 0.593. The normalized spacial score (nSPS) is 10.2. The van der Waals surface area contributed by atoms with E-state index in [0.29, 0.717) is 23.4 Å². The van der Waals surface area contributed by atoms with Gasteiger partial charge in [0.15, 0.2) is 0 Å². The maximum atomic E-state index is 12.2. The number of amides is 2. The van der Waals surface area contributed by atoms with Gasteiger partial charge in [-0.25, -0.2) is 4.79 Å². The minimum Gasteiger partial charge on any atom is -0.410 e. The molecule has 3 N–H and O–H groups in total. The first-order valence-corrected chi connectivity index (χ1v) is 9.06. The summed E-state index contributed by atoms with van der Waals surface area (Å²) in [6.07, 6.45) is 0.561. The van der Waals surface area contributed by atoms with Crippen LogP contribution in [0.15, 0.2) is 72.8 Å². The number of benzene rings is 3. The minimum absolute atomic E-state index is 0.159. The maximum Gasteiger partial charge on any atom is 0.409 e. The zero-order valence-electron chi connectivity index (χ0n) is 15.6. The van der Waals surface area contributed by atoms with Gasteiger partial charge in [-0.05, 0) is 47.9 Å². The molecule has 146 valence electrons. The van der Waals surface area contributed by atoms with Crippen molar-refractivity contribution in [3.63, 3.8) is 0 Å². The van der Waals surface area contributed by atoms with Crippen LogP contribution in [-0.4, -0.2) is 18.3 Å². The molecule has 0 aliphatic carbocycles. The lowest BCUT2D eigenvalue weighted by molar-refractivity contribution is -0.116. The Balaban J connectivity index is 1.69. The van der Waals surface area contributed by atoms with Crippen LogP contribution in [0.4, 0.5) is 10.5 Å². The van der Waals surface area contributed by atoms with E-state index in [2.05, 4.69) is 5.32 Å². The molecule has 2 amide bonds. The molecule has 3 aromatic rings. The number of hydrogen-bond acceptors (Lipinski definition) is 4. The minimum atomic E-state index is -0.893. The highest BCUT2D eigenvalue weighted by Crippen LogP contribution is 2.31. The van der Waals surface area contributed by atoms with Gasteiger partial charge in [0.1, 0.15) is 12.0 Å². The van der Waals surface area contributed by atoms with Gasteiger partial charge in [-0.3, -0.25) is 9.59 Å². The van der Waals surface area contributed by atoms with Gasteiger partial charge in [-0.2, -0.15) is 0 Å². The third-order valence-corrected chi connectivity index (χ3v) is 4.31. The summed E-state index contributed by atoms with van der Waals surface area (Å²) >= 11 is 0. The van der Waals surface area contributed by atoms with E-state index in [-0.39, 0.29) is 12.3 Å². The predicted octanol–water partition coefficient (Wildman–Crippen LogP) is 4.19. The van der Waals surface area contributed by atoms with Crippen molar-refractivity contribution < 1.29 is 19.1 Å². The van der Waals surface area contributed by atoms with Crippen LogP contribution in [0.1, 0.15) is 22.3 Å². The Kier molecular flexibility index (Phi) is 6.37. The van der Waals surface area contributed by atoms with Gasteiger partial charge in [0.2, 0.25) is 5.91 Å². The first-order valence-electron chi connectivity index (χ1n) is 9.06. The van der Waals surface area contributed by atoms with Crippen molar-refractivity contribution in [2.45, 2.75) is 12.8 Å². The van der Waals surface area contributed by atoms with E-state index in [1.165, 1.54) is 0 Å². The summed E-state index contributed by atoms with van der Waals surface area (Å²) in [6, 6.07) is 21.6. The lowest BCUT2D eigenvalue weighted by Crippen LogP contribution is -2.17. The first kappa shape index (κ1) is 19.8. The number of anilines is 1. The number of carbonyl (C=O) groups is 3. The van der Waals surface area contributed by atoms with Gasteiger partial charge in [0.25, 0.3) is 0 Å². The smallest absolute Gasteiger partial charge is 0.409 e. The van der Waals surface area contributed by atoms with Gasteiger partial charge in [-0.1, -0.05) is 42.5 Å². The largest absolute Gasteiger partial charge is 0.410 e. The second-order valence-electron chi connectivity index (χ2n) is 6.41. The van der Waals surface area contributed by atoms with Crippen LogP contribution in [0.5, 0.6) is 5.75 Å². The average molecular weight is 388 g/mol.